The first-order valence-electron chi connectivity index (χ1n) is 3.90. The minimum atomic E-state index is -0.102. The Bertz CT molecular complexity index is 249. The molecule has 1 fully saturated rings. The van der Waals surface area contributed by atoms with Gasteiger partial charge in [0.2, 0.25) is 0 Å². The van der Waals surface area contributed by atoms with Crippen molar-refractivity contribution in [2.75, 3.05) is 0 Å². The van der Waals surface area contributed by atoms with Crippen molar-refractivity contribution < 1.29 is 9.28 Å². The molecule has 3 N–H and O–H groups in total. The highest BCUT2D eigenvalue weighted by Crippen LogP contribution is 2.42. The van der Waals surface area contributed by atoms with Gasteiger partial charge < -0.3 is 5.73 Å². The summed E-state index contributed by atoms with van der Waals surface area (Å²) in [5.74, 6) is 0.428. The molecule has 1 aliphatic carbocycles. The Balaban J connectivity index is 2.16. The molecule has 0 bridgehead atoms. The van der Waals surface area contributed by atoms with Crippen molar-refractivity contribution in [2.45, 2.75) is 18.9 Å². The van der Waals surface area contributed by atoms with Gasteiger partial charge in [-0.2, -0.15) is 0 Å². The van der Waals surface area contributed by atoms with Gasteiger partial charge in [-0.1, -0.05) is 5.65 Å². The second kappa shape index (κ2) is 2.45. The van der Waals surface area contributed by atoms with E-state index >= 15 is 0 Å². The molecule has 4 nitrogen and oxygen atoms in total. The maximum atomic E-state index is 12.1. The van der Waals surface area contributed by atoms with Crippen molar-refractivity contribution in [2.24, 2.45) is 11.7 Å². The fourth-order valence-corrected chi connectivity index (χ4v) is 1.61. The summed E-state index contributed by atoms with van der Waals surface area (Å²) in [7, 11) is 0. The van der Waals surface area contributed by atoms with Crippen LogP contribution in [0, 0.1) is 5.92 Å². The first kappa shape index (κ1) is 7.54. The van der Waals surface area contributed by atoms with Gasteiger partial charge in [0.15, 0.2) is 6.29 Å². The molecule has 0 aromatic rings. The maximum Gasteiger partial charge on any atom is 0.169 e. The number of nitrogens with two attached hydrogens (primary N) is 1. The van der Waals surface area contributed by atoms with Crippen molar-refractivity contribution in [1.29, 1.82) is 0 Å². The quantitative estimate of drug-likeness (QED) is 0.457. The average molecular weight is 171 g/mol. The SMILES string of the molecule is NC1=C(C=O)N(NF)C1C1CC1. The molecule has 0 amide bonds. The molecule has 12 heavy (non-hydrogen) atoms. The number of hydrogen-bond acceptors (Lipinski definition) is 4. The second-order valence-corrected chi connectivity index (χ2v) is 3.20. The summed E-state index contributed by atoms with van der Waals surface area (Å²) in [6.45, 7) is 0. The molecule has 1 aliphatic heterocycles. The molecule has 0 aromatic carbocycles. The molecule has 1 atom stereocenters. The van der Waals surface area contributed by atoms with E-state index in [4.69, 9.17) is 5.73 Å². The summed E-state index contributed by atoms with van der Waals surface area (Å²) in [5, 5.41) is 1.19. The lowest BCUT2D eigenvalue weighted by Gasteiger charge is -2.40. The molecule has 0 spiro atoms. The van der Waals surface area contributed by atoms with Crippen LogP contribution in [0.4, 0.5) is 4.48 Å². The normalized spacial score (nSPS) is 28.8. The Hall–Kier alpha value is -1.10. The van der Waals surface area contributed by atoms with E-state index in [9.17, 15) is 9.28 Å². The van der Waals surface area contributed by atoms with Crippen LogP contribution in [0.15, 0.2) is 11.4 Å². The average Bonchev–Trinajstić information content (AvgIpc) is 2.84. The molecular weight excluding hydrogens is 161 g/mol. The Morgan fingerprint density at radius 3 is 2.75 bits per heavy atom. The van der Waals surface area contributed by atoms with Gasteiger partial charge in [0.05, 0.1) is 11.7 Å². The van der Waals surface area contributed by atoms with E-state index in [0.717, 1.165) is 12.8 Å². The summed E-state index contributed by atoms with van der Waals surface area (Å²) >= 11 is 0. The predicted molar refractivity (Wildman–Crippen MR) is 39.9 cm³/mol. The van der Waals surface area contributed by atoms with Crippen molar-refractivity contribution in [3.05, 3.63) is 11.4 Å². The van der Waals surface area contributed by atoms with Crippen molar-refractivity contribution in [3.8, 4) is 0 Å². The lowest BCUT2D eigenvalue weighted by molar-refractivity contribution is -0.109. The van der Waals surface area contributed by atoms with E-state index in [1.807, 2.05) is 0 Å². The number of nitrogens with zero attached hydrogens (tertiary/aromatic N) is 1. The van der Waals surface area contributed by atoms with Gasteiger partial charge >= 0.3 is 0 Å². The minimum absolute atomic E-state index is 0.102. The van der Waals surface area contributed by atoms with E-state index in [-0.39, 0.29) is 11.7 Å². The molecule has 1 heterocycles. The summed E-state index contributed by atoms with van der Waals surface area (Å²) < 4.78 is 12.1. The Labute approximate surface area is 69.1 Å². The highest BCUT2D eigenvalue weighted by Gasteiger charge is 2.46. The zero-order chi connectivity index (χ0) is 8.72. The van der Waals surface area contributed by atoms with Crippen LogP contribution < -0.4 is 11.4 Å². The van der Waals surface area contributed by atoms with Crippen LogP contribution in [0.5, 0.6) is 0 Å². The second-order valence-electron chi connectivity index (χ2n) is 3.20. The van der Waals surface area contributed by atoms with Crippen LogP contribution in [0.3, 0.4) is 0 Å². The van der Waals surface area contributed by atoms with Crippen molar-refractivity contribution in [1.82, 2.24) is 10.7 Å². The molecule has 0 saturated heterocycles. The summed E-state index contributed by atoms with van der Waals surface area (Å²) in [6.07, 6.45) is 2.70. The predicted octanol–water partition coefficient (Wildman–Crippen LogP) is -0.161. The molecule has 5 heteroatoms. The Kier molecular flexibility index (Phi) is 1.54. The number of hydrogen-bond donors (Lipinski definition) is 2. The van der Waals surface area contributed by atoms with Crippen molar-refractivity contribution >= 4 is 6.29 Å². The Morgan fingerprint density at radius 2 is 2.33 bits per heavy atom. The molecule has 0 radical (unpaired) electrons. The number of halogens is 1. The number of carbonyl (C=O) groups excluding carboxylic acids is 1. The first-order valence-corrected chi connectivity index (χ1v) is 3.90. The highest BCUT2D eigenvalue weighted by atomic mass is 19.2. The number of aldehydes is 1. The third kappa shape index (κ3) is 0.828. The smallest absolute Gasteiger partial charge is 0.169 e. The number of carbonyl (C=O) groups is 1. The fraction of sp³-hybridized carbons (Fsp3) is 0.571. The van der Waals surface area contributed by atoms with Crippen LogP contribution in [-0.4, -0.2) is 17.3 Å². The van der Waals surface area contributed by atoms with Gasteiger partial charge in [-0.25, -0.2) is 0 Å². The molecule has 1 unspecified atom stereocenters. The maximum absolute atomic E-state index is 12.1. The summed E-state index contributed by atoms with van der Waals surface area (Å²) in [5.41, 5.74) is 7.80. The minimum Gasteiger partial charge on any atom is -0.398 e. The molecule has 2 rings (SSSR count). The van der Waals surface area contributed by atoms with Crippen LogP contribution in [0.1, 0.15) is 12.8 Å². The lowest BCUT2D eigenvalue weighted by Crippen LogP contribution is -2.55. The third-order valence-electron chi connectivity index (χ3n) is 2.42. The van der Waals surface area contributed by atoms with Gasteiger partial charge in [0, 0.05) is 0 Å². The van der Waals surface area contributed by atoms with E-state index < -0.39 is 0 Å². The fourth-order valence-electron chi connectivity index (χ4n) is 1.61. The van der Waals surface area contributed by atoms with Gasteiger partial charge in [-0.3, -0.25) is 9.80 Å². The zero-order valence-corrected chi connectivity index (χ0v) is 6.46. The van der Waals surface area contributed by atoms with Gasteiger partial charge in [-0.05, 0) is 18.8 Å². The van der Waals surface area contributed by atoms with Crippen molar-refractivity contribution in [3.63, 3.8) is 0 Å². The molecule has 0 aromatic heterocycles. The largest absolute Gasteiger partial charge is 0.398 e. The van der Waals surface area contributed by atoms with Gasteiger partial charge in [-0.15, -0.1) is 4.48 Å². The number of hydrazine groups is 1. The number of rotatable bonds is 3. The van der Waals surface area contributed by atoms with E-state index in [2.05, 4.69) is 0 Å². The van der Waals surface area contributed by atoms with Gasteiger partial charge in [0.25, 0.3) is 0 Å². The van der Waals surface area contributed by atoms with E-state index in [1.54, 1.807) is 0 Å². The summed E-state index contributed by atoms with van der Waals surface area (Å²) in [4.78, 5) is 10.4. The molecule has 66 valence electrons. The molecule has 1 saturated carbocycles. The standard InChI is InChI=1S/C7H10FN3O/c8-10-11-5(3-12)6(9)7(11)4-1-2-4/h3-4,7,10H,1-2,9H2. The van der Waals surface area contributed by atoms with E-state index in [1.165, 1.54) is 10.7 Å². The Morgan fingerprint density at radius 1 is 1.67 bits per heavy atom. The van der Waals surface area contributed by atoms with E-state index in [0.29, 0.717) is 17.9 Å². The third-order valence-corrected chi connectivity index (χ3v) is 2.42. The highest BCUT2D eigenvalue weighted by molar-refractivity contribution is 5.76. The van der Waals surface area contributed by atoms with Crippen LogP contribution in [0.25, 0.3) is 0 Å². The number of allylic oxidation sites excluding steroid dienone is 1. The monoisotopic (exact) mass is 171 g/mol. The van der Waals surface area contributed by atoms with Crippen LogP contribution >= 0.6 is 0 Å². The molecule has 2 aliphatic rings. The first-order chi connectivity index (χ1) is 5.79. The van der Waals surface area contributed by atoms with Crippen LogP contribution in [-0.2, 0) is 4.79 Å². The lowest BCUT2D eigenvalue weighted by atomic mass is 9.99. The zero-order valence-electron chi connectivity index (χ0n) is 6.46. The topological polar surface area (TPSA) is 58.4 Å². The number of nitrogens with one attached hydrogen (secondary N) is 1. The summed E-state index contributed by atoms with van der Waals surface area (Å²) in [6, 6.07) is -0.102. The van der Waals surface area contributed by atoms with Gasteiger partial charge in [0.1, 0.15) is 5.70 Å². The molecular formula is C7H10FN3O. The van der Waals surface area contributed by atoms with Crippen LogP contribution in [0.2, 0.25) is 0 Å².